The number of nitrogen functional groups attached to an aromatic ring is 1. The van der Waals surface area contributed by atoms with E-state index in [-0.39, 0.29) is 0 Å². The molecule has 0 spiro atoms. The maximum atomic E-state index is 5.63. The largest absolute Gasteiger partial charge is 0.497 e. The third-order valence-electron chi connectivity index (χ3n) is 3.19. The van der Waals surface area contributed by atoms with Crippen LogP contribution in [0.3, 0.4) is 0 Å². The number of nitrogens with two attached hydrogens (primary N) is 1. The number of methoxy groups -OCH3 is 1. The van der Waals surface area contributed by atoms with Gasteiger partial charge in [-0.15, -0.1) is 0 Å². The van der Waals surface area contributed by atoms with Gasteiger partial charge < -0.3 is 10.5 Å². The molecule has 1 aromatic heterocycles. The lowest BCUT2D eigenvalue weighted by molar-refractivity contribution is 0.414. The minimum atomic E-state index is 0.445. The average Bonchev–Trinajstić information content (AvgIpc) is 2.48. The molecule has 0 fully saturated rings. The first-order chi connectivity index (χ1) is 9.74. The van der Waals surface area contributed by atoms with Crippen molar-refractivity contribution in [2.45, 2.75) is 6.42 Å². The monoisotopic (exact) mass is 265 g/mol. The third-order valence-corrected chi connectivity index (χ3v) is 3.19. The van der Waals surface area contributed by atoms with Crippen LogP contribution in [0.2, 0.25) is 0 Å². The van der Waals surface area contributed by atoms with Gasteiger partial charge in [-0.3, -0.25) is 4.98 Å². The van der Waals surface area contributed by atoms with Crippen molar-refractivity contribution in [2.24, 2.45) is 0 Å². The molecular formula is C16H15N3O. The standard InChI is InChI=1S/C16H15N3O/c1-20-13-5-2-11(3-6-13)8-12-4-7-14-15(9-12)18-10-16(17)19-14/h2-7,9-10H,8H2,1H3,(H2,17,19). The summed E-state index contributed by atoms with van der Waals surface area (Å²) >= 11 is 0. The van der Waals surface area contributed by atoms with E-state index < -0.39 is 0 Å². The van der Waals surface area contributed by atoms with Gasteiger partial charge >= 0.3 is 0 Å². The lowest BCUT2D eigenvalue weighted by atomic mass is 10.0. The van der Waals surface area contributed by atoms with Gasteiger partial charge in [0.25, 0.3) is 0 Å². The first-order valence-electron chi connectivity index (χ1n) is 6.39. The van der Waals surface area contributed by atoms with Gasteiger partial charge in [-0.2, -0.15) is 0 Å². The highest BCUT2D eigenvalue weighted by Gasteiger charge is 2.02. The summed E-state index contributed by atoms with van der Waals surface area (Å²) in [5, 5.41) is 0. The molecule has 0 aliphatic heterocycles. The summed E-state index contributed by atoms with van der Waals surface area (Å²) in [6.45, 7) is 0. The molecule has 1 heterocycles. The van der Waals surface area contributed by atoms with Crippen LogP contribution in [-0.4, -0.2) is 17.1 Å². The third kappa shape index (κ3) is 2.54. The molecule has 3 rings (SSSR count). The van der Waals surface area contributed by atoms with E-state index >= 15 is 0 Å². The molecule has 2 aromatic carbocycles. The van der Waals surface area contributed by atoms with Gasteiger partial charge in [0.1, 0.15) is 11.6 Å². The molecule has 2 N–H and O–H groups in total. The summed E-state index contributed by atoms with van der Waals surface area (Å²) in [6, 6.07) is 14.1. The molecule has 0 radical (unpaired) electrons. The maximum absolute atomic E-state index is 5.63. The second kappa shape index (κ2) is 5.17. The normalized spacial score (nSPS) is 10.7. The Hall–Kier alpha value is -2.62. The fourth-order valence-electron chi connectivity index (χ4n) is 2.16. The van der Waals surface area contributed by atoms with Gasteiger partial charge in [0.15, 0.2) is 0 Å². The topological polar surface area (TPSA) is 61.0 Å². The number of ether oxygens (including phenoxy) is 1. The quantitative estimate of drug-likeness (QED) is 0.791. The van der Waals surface area contributed by atoms with Gasteiger partial charge in [0, 0.05) is 0 Å². The Labute approximate surface area is 117 Å². The van der Waals surface area contributed by atoms with Crippen LogP contribution in [0.1, 0.15) is 11.1 Å². The average molecular weight is 265 g/mol. The highest BCUT2D eigenvalue weighted by Crippen LogP contribution is 2.18. The van der Waals surface area contributed by atoms with Crippen molar-refractivity contribution >= 4 is 16.9 Å². The minimum Gasteiger partial charge on any atom is -0.497 e. The molecule has 0 amide bonds. The van der Waals surface area contributed by atoms with Gasteiger partial charge in [-0.25, -0.2) is 4.98 Å². The van der Waals surface area contributed by atoms with E-state index in [9.17, 15) is 0 Å². The minimum absolute atomic E-state index is 0.445. The number of fused-ring (bicyclic) bond motifs is 1. The van der Waals surface area contributed by atoms with Gasteiger partial charge in [-0.05, 0) is 41.8 Å². The number of aromatic nitrogens is 2. The SMILES string of the molecule is COc1ccc(Cc2ccc3nc(N)cnc3c2)cc1. The van der Waals surface area contributed by atoms with Crippen LogP contribution < -0.4 is 10.5 Å². The number of rotatable bonds is 3. The van der Waals surface area contributed by atoms with Crippen LogP contribution >= 0.6 is 0 Å². The molecule has 3 aromatic rings. The summed E-state index contributed by atoms with van der Waals surface area (Å²) in [5.41, 5.74) is 9.74. The van der Waals surface area contributed by atoms with Crippen molar-refractivity contribution in [1.82, 2.24) is 9.97 Å². The fraction of sp³-hybridized carbons (Fsp3) is 0.125. The van der Waals surface area contributed by atoms with Crippen molar-refractivity contribution < 1.29 is 4.74 Å². The number of benzene rings is 2. The molecule has 0 bridgehead atoms. The summed E-state index contributed by atoms with van der Waals surface area (Å²) in [4.78, 5) is 8.55. The molecule has 4 heteroatoms. The molecule has 0 saturated heterocycles. The zero-order valence-corrected chi connectivity index (χ0v) is 11.2. The second-order valence-corrected chi connectivity index (χ2v) is 4.64. The molecule has 100 valence electrons. The highest BCUT2D eigenvalue weighted by atomic mass is 16.5. The zero-order valence-electron chi connectivity index (χ0n) is 11.2. The van der Waals surface area contributed by atoms with Crippen LogP contribution in [0, 0.1) is 0 Å². The summed E-state index contributed by atoms with van der Waals surface area (Å²) in [6.07, 6.45) is 2.44. The smallest absolute Gasteiger partial charge is 0.142 e. The highest BCUT2D eigenvalue weighted by molar-refractivity contribution is 5.76. The molecule has 0 saturated carbocycles. The molecule has 0 atom stereocenters. The Bertz CT molecular complexity index is 738. The Balaban J connectivity index is 1.88. The Morgan fingerprint density at radius 3 is 2.50 bits per heavy atom. The van der Waals surface area contributed by atoms with E-state index in [1.54, 1.807) is 13.3 Å². The van der Waals surface area contributed by atoms with Crippen LogP contribution in [0.25, 0.3) is 11.0 Å². The van der Waals surface area contributed by atoms with Gasteiger partial charge in [-0.1, -0.05) is 18.2 Å². The Kier molecular flexibility index (Phi) is 3.21. The molecule has 0 aliphatic carbocycles. The first kappa shape index (κ1) is 12.4. The Morgan fingerprint density at radius 2 is 1.75 bits per heavy atom. The van der Waals surface area contributed by atoms with Crippen molar-refractivity contribution in [3.63, 3.8) is 0 Å². The van der Waals surface area contributed by atoms with Crippen molar-refractivity contribution in [1.29, 1.82) is 0 Å². The van der Waals surface area contributed by atoms with E-state index in [0.29, 0.717) is 5.82 Å². The second-order valence-electron chi connectivity index (χ2n) is 4.64. The molecule has 20 heavy (non-hydrogen) atoms. The lowest BCUT2D eigenvalue weighted by Gasteiger charge is -2.05. The van der Waals surface area contributed by atoms with Crippen LogP contribution in [0.4, 0.5) is 5.82 Å². The van der Waals surface area contributed by atoms with Crippen LogP contribution in [0.15, 0.2) is 48.7 Å². The lowest BCUT2D eigenvalue weighted by Crippen LogP contribution is -1.94. The number of anilines is 1. The van der Waals surface area contributed by atoms with E-state index in [1.807, 2.05) is 24.3 Å². The maximum Gasteiger partial charge on any atom is 0.142 e. The molecule has 4 nitrogen and oxygen atoms in total. The fourth-order valence-corrected chi connectivity index (χ4v) is 2.16. The predicted octanol–water partition coefficient (Wildman–Crippen LogP) is 2.81. The van der Waals surface area contributed by atoms with E-state index in [2.05, 4.69) is 28.2 Å². The van der Waals surface area contributed by atoms with Crippen molar-refractivity contribution in [2.75, 3.05) is 12.8 Å². The predicted molar refractivity (Wildman–Crippen MR) is 79.8 cm³/mol. The van der Waals surface area contributed by atoms with Crippen molar-refractivity contribution in [3.8, 4) is 5.75 Å². The van der Waals surface area contributed by atoms with Gasteiger partial charge in [0.2, 0.25) is 0 Å². The van der Waals surface area contributed by atoms with E-state index in [4.69, 9.17) is 10.5 Å². The first-order valence-corrected chi connectivity index (χ1v) is 6.39. The van der Waals surface area contributed by atoms with E-state index in [1.165, 1.54) is 11.1 Å². The molecule has 0 aliphatic rings. The van der Waals surface area contributed by atoms with Gasteiger partial charge in [0.05, 0.1) is 24.3 Å². The number of hydrogen-bond acceptors (Lipinski definition) is 4. The van der Waals surface area contributed by atoms with Crippen LogP contribution in [0.5, 0.6) is 5.75 Å². The van der Waals surface area contributed by atoms with E-state index in [0.717, 1.165) is 23.2 Å². The summed E-state index contributed by atoms with van der Waals surface area (Å²) in [5.74, 6) is 1.31. The summed E-state index contributed by atoms with van der Waals surface area (Å²) in [7, 11) is 1.67. The molecular weight excluding hydrogens is 250 g/mol. The zero-order chi connectivity index (χ0) is 13.9. The summed E-state index contributed by atoms with van der Waals surface area (Å²) < 4.78 is 5.16. The van der Waals surface area contributed by atoms with Crippen molar-refractivity contribution in [3.05, 3.63) is 59.8 Å². The van der Waals surface area contributed by atoms with Crippen LogP contribution in [-0.2, 0) is 6.42 Å². The number of nitrogens with zero attached hydrogens (tertiary/aromatic N) is 2. The number of hydrogen-bond donors (Lipinski definition) is 1. The Morgan fingerprint density at radius 1 is 1.00 bits per heavy atom. The molecule has 0 unspecified atom stereocenters.